The number of carbonyl (C=O) groups is 1. The van der Waals surface area contributed by atoms with E-state index in [1.54, 1.807) is 24.3 Å². The van der Waals surface area contributed by atoms with Crippen molar-refractivity contribution in [2.24, 2.45) is 28.8 Å². The number of ether oxygens (including phenoxy) is 3. The van der Waals surface area contributed by atoms with Crippen LogP contribution in [-0.4, -0.2) is 65.4 Å². The molecule has 3 aliphatic carbocycles. The predicted molar refractivity (Wildman–Crippen MR) is 212 cm³/mol. The molecule has 0 bridgehead atoms. The second-order valence-corrected chi connectivity index (χ2v) is 15.6. The minimum Gasteiger partial charge on any atom is -0.489 e. The summed E-state index contributed by atoms with van der Waals surface area (Å²) >= 11 is 0. The SMILES string of the molecule is C=CCOC12Oc3ccc(OCc4ccccc4F)cc3C3C(CCCCO)C(CCCCO)C=C(C(=NOCc4ccccc4)CC1N(C)C(=O)C1CC1)C32. The molecule has 0 aromatic heterocycles. The highest BCUT2D eigenvalue weighted by Crippen LogP contribution is 2.62. The van der Waals surface area contributed by atoms with Crippen LogP contribution in [0.1, 0.15) is 80.4 Å². The number of allylic oxidation sites excluding steroid dienone is 1. The van der Waals surface area contributed by atoms with Crippen molar-refractivity contribution < 1.29 is 38.4 Å². The minimum atomic E-state index is -1.30. The highest BCUT2D eigenvalue weighted by molar-refractivity contribution is 6.03. The monoisotopic (exact) mass is 766 g/mol. The molecule has 6 unspecified atom stereocenters. The summed E-state index contributed by atoms with van der Waals surface area (Å²) in [4.78, 5) is 22.0. The molecule has 56 heavy (non-hydrogen) atoms. The maximum Gasteiger partial charge on any atom is 0.239 e. The van der Waals surface area contributed by atoms with Crippen molar-refractivity contribution in [3.8, 4) is 11.5 Å². The summed E-state index contributed by atoms with van der Waals surface area (Å²) in [7, 11) is 1.86. The first-order chi connectivity index (χ1) is 27.4. The van der Waals surface area contributed by atoms with Gasteiger partial charge in [0, 0.05) is 49.6 Å². The molecule has 1 heterocycles. The first-order valence-corrected chi connectivity index (χ1v) is 20.3. The second-order valence-electron chi connectivity index (χ2n) is 15.6. The summed E-state index contributed by atoms with van der Waals surface area (Å²) in [5, 5.41) is 24.6. The fourth-order valence-electron chi connectivity index (χ4n) is 9.12. The van der Waals surface area contributed by atoms with Gasteiger partial charge in [-0.25, -0.2) is 4.39 Å². The van der Waals surface area contributed by atoms with E-state index < -0.39 is 17.7 Å². The number of likely N-dealkylation sites (N-methyl/N-ethyl adjacent to an activating group) is 1. The third-order valence-corrected chi connectivity index (χ3v) is 12.0. The number of hydrogen-bond acceptors (Lipinski definition) is 8. The Bertz CT molecular complexity index is 1880. The number of amides is 1. The molecule has 3 aromatic carbocycles. The molecule has 9 nitrogen and oxygen atoms in total. The molecule has 0 spiro atoms. The average Bonchev–Trinajstić information content (AvgIpc) is 4.07. The summed E-state index contributed by atoms with van der Waals surface area (Å²) in [6, 6.07) is 21.8. The van der Waals surface area contributed by atoms with Gasteiger partial charge in [0.15, 0.2) is 0 Å². The number of hydrogen-bond donors (Lipinski definition) is 2. The molecule has 0 saturated heterocycles. The Labute approximate surface area is 329 Å². The van der Waals surface area contributed by atoms with Gasteiger partial charge in [-0.15, -0.1) is 6.58 Å². The fourth-order valence-corrected chi connectivity index (χ4v) is 9.12. The third-order valence-electron chi connectivity index (χ3n) is 12.0. The van der Waals surface area contributed by atoms with Gasteiger partial charge in [-0.1, -0.05) is 78.7 Å². The van der Waals surface area contributed by atoms with Gasteiger partial charge in [-0.05, 0) is 85.8 Å². The molecule has 2 N–H and O–H groups in total. The first kappa shape index (κ1) is 39.7. The molecule has 3 aromatic rings. The van der Waals surface area contributed by atoms with Gasteiger partial charge in [0.25, 0.3) is 0 Å². The molecule has 10 heteroatoms. The van der Waals surface area contributed by atoms with E-state index in [1.807, 2.05) is 60.5 Å². The Kier molecular flexibility index (Phi) is 12.9. The zero-order valence-electron chi connectivity index (χ0n) is 32.4. The summed E-state index contributed by atoms with van der Waals surface area (Å²) in [6.45, 7) is 4.76. The number of carbonyl (C=O) groups excluding carboxylic acids is 1. The normalized spacial score (nSPS) is 25.7. The molecular formula is C46H55FN2O7. The quantitative estimate of drug-likeness (QED) is 0.0721. The highest BCUT2D eigenvalue weighted by Gasteiger charge is 2.65. The molecular weight excluding hydrogens is 712 g/mol. The molecule has 6 atom stereocenters. The van der Waals surface area contributed by atoms with Gasteiger partial charge in [-0.2, -0.15) is 0 Å². The predicted octanol–water partition coefficient (Wildman–Crippen LogP) is 8.11. The van der Waals surface area contributed by atoms with Crippen molar-refractivity contribution in [2.45, 2.75) is 88.7 Å². The maximum absolute atomic E-state index is 14.7. The van der Waals surface area contributed by atoms with Crippen molar-refractivity contribution in [3.63, 3.8) is 0 Å². The van der Waals surface area contributed by atoms with Gasteiger partial charge in [0.1, 0.15) is 36.6 Å². The zero-order chi connectivity index (χ0) is 39.1. The molecule has 1 aliphatic heterocycles. The smallest absolute Gasteiger partial charge is 0.239 e. The van der Waals surface area contributed by atoms with E-state index in [-0.39, 0.29) is 68.4 Å². The molecule has 0 radical (unpaired) electrons. The van der Waals surface area contributed by atoms with Crippen LogP contribution in [-0.2, 0) is 27.6 Å². The van der Waals surface area contributed by atoms with Crippen molar-refractivity contribution in [1.82, 2.24) is 4.90 Å². The zero-order valence-corrected chi connectivity index (χ0v) is 32.4. The Morgan fingerprint density at radius 2 is 1.75 bits per heavy atom. The van der Waals surface area contributed by atoms with Crippen LogP contribution in [0.25, 0.3) is 0 Å². The largest absolute Gasteiger partial charge is 0.489 e. The van der Waals surface area contributed by atoms with Crippen molar-refractivity contribution >= 4 is 11.6 Å². The summed E-state index contributed by atoms with van der Waals surface area (Å²) in [5.74, 6) is -0.748. The van der Waals surface area contributed by atoms with Crippen LogP contribution >= 0.6 is 0 Å². The number of oxime groups is 1. The third kappa shape index (κ3) is 8.43. The maximum atomic E-state index is 14.7. The minimum absolute atomic E-state index is 0.0302. The number of halogens is 1. The number of aliphatic hydroxyl groups excluding tert-OH is 2. The van der Waals surface area contributed by atoms with Gasteiger partial charge < -0.3 is 34.2 Å². The fraction of sp³-hybridized carbons (Fsp3) is 0.478. The lowest BCUT2D eigenvalue weighted by atomic mass is 9.55. The Hall–Kier alpha value is -4.51. The molecule has 1 amide bonds. The first-order valence-electron chi connectivity index (χ1n) is 20.3. The molecule has 2 saturated carbocycles. The summed E-state index contributed by atoms with van der Waals surface area (Å²) < 4.78 is 35.1. The molecule has 7 rings (SSSR count). The summed E-state index contributed by atoms with van der Waals surface area (Å²) in [5.41, 5.74) is 4.14. The van der Waals surface area contributed by atoms with Crippen LogP contribution in [0.15, 0.2) is 102 Å². The van der Waals surface area contributed by atoms with E-state index >= 15 is 0 Å². The van der Waals surface area contributed by atoms with E-state index in [0.29, 0.717) is 36.3 Å². The molecule has 298 valence electrons. The van der Waals surface area contributed by atoms with E-state index in [0.717, 1.165) is 60.9 Å². The lowest BCUT2D eigenvalue weighted by Crippen LogP contribution is -2.69. The van der Waals surface area contributed by atoms with Crippen LogP contribution in [0.3, 0.4) is 0 Å². The lowest BCUT2D eigenvalue weighted by molar-refractivity contribution is -0.255. The second kappa shape index (κ2) is 18.2. The lowest BCUT2D eigenvalue weighted by Gasteiger charge is -2.59. The Morgan fingerprint density at radius 3 is 2.48 bits per heavy atom. The van der Waals surface area contributed by atoms with Crippen LogP contribution in [0.2, 0.25) is 0 Å². The van der Waals surface area contributed by atoms with E-state index in [1.165, 1.54) is 6.07 Å². The average molecular weight is 767 g/mol. The topological polar surface area (TPSA) is 110 Å². The number of unbranched alkanes of at least 4 members (excludes halogenated alkanes) is 2. The Morgan fingerprint density at radius 1 is 1.00 bits per heavy atom. The Balaban J connectivity index is 1.38. The van der Waals surface area contributed by atoms with Crippen LogP contribution in [0.5, 0.6) is 11.5 Å². The number of aliphatic hydroxyl groups is 2. The van der Waals surface area contributed by atoms with Gasteiger partial charge in [0.05, 0.1) is 18.2 Å². The molecule has 4 aliphatic rings. The number of rotatable bonds is 19. The van der Waals surface area contributed by atoms with Crippen molar-refractivity contribution in [3.05, 3.63) is 120 Å². The van der Waals surface area contributed by atoms with Crippen molar-refractivity contribution in [1.29, 1.82) is 0 Å². The van der Waals surface area contributed by atoms with Crippen LogP contribution in [0, 0.1) is 29.5 Å². The number of nitrogens with zero attached hydrogens (tertiary/aromatic N) is 2. The van der Waals surface area contributed by atoms with Gasteiger partial charge in [0.2, 0.25) is 11.7 Å². The van der Waals surface area contributed by atoms with Crippen LogP contribution in [0.4, 0.5) is 4.39 Å². The molecule has 2 fully saturated rings. The van der Waals surface area contributed by atoms with E-state index in [2.05, 4.69) is 12.7 Å². The van der Waals surface area contributed by atoms with Crippen molar-refractivity contribution in [2.75, 3.05) is 26.9 Å². The highest BCUT2D eigenvalue weighted by atomic mass is 19.1. The number of benzene rings is 3. The van der Waals surface area contributed by atoms with Gasteiger partial charge in [-0.3, -0.25) is 4.79 Å². The standard InChI is InChI=1S/C46H55FN2O7/c1-3-25-54-46-42(49(2)45(52)32-19-20-32)28-40(48-55-29-31-13-5-4-6-14-31)37-26-33(15-9-11-23-50)36(17-10-12-24-51)43(44(37)46)38-27-35(21-22-41(38)56-46)53-30-34-16-7-8-18-39(34)47/h3-8,13-14,16,18,21-22,26-27,32-33,36,42-44,50-51H,1,9-12,15,17,19-20,23-25,28-30H2,2H3. The van der Waals surface area contributed by atoms with Gasteiger partial charge >= 0.3 is 0 Å². The van der Waals surface area contributed by atoms with E-state index in [9.17, 15) is 19.4 Å². The van der Waals surface area contributed by atoms with E-state index in [4.69, 9.17) is 24.2 Å². The van der Waals surface area contributed by atoms with Crippen LogP contribution < -0.4 is 9.47 Å². The summed E-state index contributed by atoms with van der Waals surface area (Å²) in [6.07, 6.45) is 10.8. The number of fused-ring (bicyclic) bond motifs is 2.